The minimum Gasteiger partial charge on any atom is -0.315 e. The Labute approximate surface area is 140 Å². The van der Waals surface area contributed by atoms with Crippen LogP contribution in [-0.2, 0) is 0 Å². The lowest BCUT2D eigenvalue weighted by Crippen LogP contribution is -2.38. The van der Waals surface area contributed by atoms with Crippen LogP contribution in [-0.4, -0.2) is 37.1 Å². The van der Waals surface area contributed by atoms with Gasteiger partial charge in [0.1, 0.15) is 0 Å². The summed E-state index contributed by atoms with van der Waals surface area (Å²) in [7, 11) is 0. The number of hydrogen-bond donors (Lipinski definition) is 1. The van der Waals surface area contributed by atoms with E-state index in [0.29, 0.717) is 0 Å². The molecule has 1 N–H and O–H groups in total. The molecule has 1 saturated heterocycles. The molecule has 0 saturated carbocycles. The third-order valence-corrected chi connectivity index (χ3v) is 5.17. The molecule has 1 aliphatic heterocycles. The van der Waals surface area contributed by atoms with Crippen molar-refractivity contribution < 1.29 is 0 Å². The topological polar surface area (TPSA) is 15.3 Å². The second-order valence-corrected chi connectivity index (χ2v) is 7.20. The molecule has 0 aromatic carbocycles. The monoisotopic (exact) mass is 310 g/mol. The molecular weight excluding hydrogens is 268 g/mol. The van der Waals surface area contributed by atoms with Gasteiger partial charge in [-0.1, -0.05) is 78.1 Å². The first-order valence-electron chi connectivity index (χ1n) is 10.3. The fourth-order valence-corrected chi connectivity index (χ4v) is 3.71. The minimum absolute atomic E-state index is 0.864. The maximum Gasteiger partial charge on any atom is 0.0110 e. The van der Waals surface area contributed by atoms with Crippen LogP contribution in [0.25, 0.3) is 0 Å². The summed E-state index contributed by atoms with van der Waals surface area (Å²) in [5, 5.41) is 3.56. The molecule has 0 amide bonds. The van der Waals surface area contributed by atoms with E-state index in [1.807, 2.05) is 0 Å². The van der Waals surface area contributed by atoms with Crippen LogP contribution in [0.2, 0.25) is 0 Å². The highest BCUT2D eigenvalue weighted by molar-refractivity contribution is 4.75. The minimum atomic E-state index is 0.864. The van der Waals surface area contributed by atoms with Crippen LogP contribution in [0.15, 0.2) is 0 Å². The smallest absolute Gasteiger partial charge is 0.0110 e. The van der Waals surface area contributed by atoms with Crippen molar-refractivity contribution in [3.8, 4) is 0 Å². The molecule has 2 nitrogen and oxygen atoms in total. The van der Waals surface area contributed by atoms with Gasteiger partial charge in [-0.25, -0.2) is 0 Å². The second-order valence-electron chi connectivity index (χ2n) is 7.20. The molecule has 0 atom stereocenters. The van der Waals surface area contributed by atoms with E-state index in [2.05, 4.69) is 24.1 Å². The lowest BCUT2D eigenvalue weighted by atomic mass is 9.99. The summed E-state index contributed by atoms with van der Waals surface area (Å²) in [5.41, 5.74) is 0. The van der Waals surface area contributed by atoms with Crippen molar-refractivity contribution in [3.63, 3.8) is 0 Å². The van der Waals surface area contributed by atoms with Crippen LogP contribution in [0, 0.1) is 0 Å². The highest BCUT2D eigenvalue weighted by atomic mass is 15.2. The van der Waals surface area contributed by atoms with Gasteiger partial charge in [0.2, 0.25) is 0 Å². The molecule has 2 heteroatoms. The average Bonchev–Trinajstić information content (AvgIpc) is 2.81. The van der Waals surface area contributed by atoms with E-state index in [9.17, 15) is 0 Å². The molecular formula is C20H42N2. The third-order valence-electron chi connectivity index (χ3n) is 5.17. The summed E-state index contributed by atoms with van der Waals surface area (Å²) in [5.74, 6) is 0. The first kappa shape index (κ1) is 20.0. The highest BCUT2D eigenvalue weighted by Crippen LogP contribution is 2.19. The predicted molar refractivity (Wildman–Crippen MR) is 99.6 cm³/mol. The van der Waals surface area contributed by atoms with Gasteiger partial charge in [0.25, 0.3) is 0 Å². The predicted octanol–water partition coefficient (Wildman–Crippen LogP) is 5.37. The Morgan fingerprint density at radius 3 is 1.91 bits per heavy atom. The zero-order valence-electron chi connectivity index (χ0n) is 15.5. The second kappa shape index (κ2) is 14.5. The van der Waals surface area contributed by atoms with Crippen molar-refractivity contribution in [2.45, 2.75) is 103 Å². The summed E-state index contributed by atoms with van der Waals surface area (Å²) in [4.78, 5) is 2.81. The molecule has 0 unspecified atom stereocenters. The SMILES string of the molecule is CCCCCCCC(CCCCCCC)N1CCCNCC1. The van der Waals surface area contributed by atoms with E-state index in [0.717, 1.165) is 6.04 Å². The molecule has 132 valence electrons. The average molecular weight is 311 g/mol. The van der Waals surface area contributed by atoms with Crippen LogP contribution in [0.1, 0.15) is 97.3 Å². The molecule has 1 rings (SSSR count). The van der Waals surface area contributed by atoms with Crippen molar-refractivity contribution in [2.24, 2.45) is 0 Å². The van der Waals surface area contributed by atoms with Gasteiger partial charge in [-0.05, 0) is 32.4 Å². The molecule has 22 heavy (non-hydrogen) atoms. The summed E-state index contributed by atoms with van der Waals surface area (Å²) in [6.07, 6.45) is 18.5. The van der Waals surface area contributed by atoms with E-state index in [1.165, 1.54) is 110 Å². The summed E-state index contributed by atoms with van der Waals surface area (Å²) in [6, 6.07) is 0.864. The zero-order valence-corrected chi connectivity index (χ0v) is 15.5. The van der Waals surface area contributed by atoms with Crippen molar-refractivity contribution in [2.75, 3.05) is 26.2 Å². The lowest BCUT2D eigenvalue weighted by Gasteiger charge is -2.30. The number of nitrogens with zero attached hydrogens (tertiary/aromatic N) is 1. The number of nitrogens with one attached hydrogen (secondary N) is 1. The van der Waals surface area contributed by atoms with Gasteiger partial charge in [0.15, 0.2) is 0 Å². The molecule has 0 aromatic rings. The normalized spacial score (nSPS) is 17.0. The van der Waals surface area contributed by atoms with Crippen molar-refractivity contribution in [1.82, 2.24) is 10.2 Å². The molecule has 1 heterocycles. The Bertz CT molecular complexity index is 208. The number of hydrogen-bond acceptors (Lipinski definition) is 2. The van der Waals surface area contributed by atoms with Crippen molar-refractivity contribution >= 4 is 0 Å². The van der Waals surface area contributed by atoms with Gasteiger partial charge in [0.05, 0.1) is 0 Å². The van der Waals surface area contributed by atoms with E-state index < -0.39 is 0 Å². The van der Waals surface area contributed by atoms with Gasteiger partial charge in [0, 0.05) is 19.1 Å². The van der Waals surface area contributed by atoms with Crippen molar-refractivity contribution in [3.05, 3.63) is 0 Å². The Morgan fingerprint density at radius 1 is 0.727 bits per heavy atom. The fourth-order valence-electron chi connectivity index (χ4n) is 3.71. The number of unbranched alkanes of at least 4 members (excludes halogenated alkanes) is 8. The molecule has 1 fully saturated rings. The van der Waals surface area contributed by atoms with Gasteiger partial charge >= 0.3 is 0 Å². The van der Waals surface area contributed by atoms with E-state index in [-0.39, 0.29) is 0 Å². The van der Waals surface area contributed by atoms with E-state index in [1.54, 1.807) is 0 Å². The van der Waals surface area contributed by atoms with Crippen molar-refractivity contribution in [1.29, 1.82) is 0 Å². The quantitative estimate of drug-likeness (QED) is 0.460. The highest BCUT2D eigenvalue weighted by Gasteiger charge is 2.18. The molecule has 0 radical (unpaired) electrons. The molecule has 0 spiro atoms. The van der Waals surface area contributed by atoms with Crippen LogP contribution in [0.5, 0.6) is 0 Å². The first-order valence-corrected chi connectivity index (χ1v) is 10.3. The van der Waals surface area contributed by atoms with Crippen LogP contribution >= 0.6 is 0 Å². The zero-order chi connectivity index (χ0) is 15.9. The lowest BCUT2D eigenvalue weighted by molar-refractivity contribution is 0.181. The van der Waals surface area contributed by atoms with E-state index in [4.69, 9.17) is 0 Å². The molecule has 0 aliphatic carbocycles. The molecule has 0 bridgehead atoms. The maximum atomic E-state index is 3.56. The Kier molecular flexibility index (Phi) is 13.2. The number of rotatable bonds is 13. The standard InChI is InChI=1S/C20H42N2/c1-3-5-7-9-11-14-20(15-12-10-8-6-4-2)22-18-13-16-21-17-19-22/h20-21H,3-19H2,1-2H3. The Hall–Kier alpha value is -0.0800. The molecule has 0 aromatic heterocycles. The van der Waals surface area contributed by atoms with E-state index >= 15 is 0 Å². The molecule has 1 aliphatic rings. The fraction of sp³-hybridized carbons (Fsp3) is 1.00. The first-order chi connectivity index (χ1) is 10.9. The summed E-state index contributed by atoms with van der Waals surface area (Å²) in [6.45, 7) is 9.63. The van der Waals surface area contributed by atoms with Crippen LogP contribution in [0.3, 0.4) is 0 Å². The van der Waals surface area contributed by atoms with Gasteiger partial charge < -0.3 is 5.32 Å². The van der Waals surface area contributed by atoms with Gasteiger partial charge in [-0.2, -0.15) is 0 Å². The Morgan fingerprint density at radius 2 is 1.32 bits per heavy atom. The maximum absolute atomic E-state index is 3.56. The van der Waals surface area contributed by atoms with Crippen LogP contribution in [0.4, 0.5) is 0 Å². The van der Waals surface area contributed by atoms with Gasteiger partial charge in [-0.3, -0.25) is 4.90 Å². The Balaban J connectivity index is 2.27. The van der Waals surface area contributed by atoms with Gasteiger partial charge in [-0.15, -0.1) is 0 Å². The third kappa shape index (κ3) is 9.84. The van der Waals surface area contributed by atoms with Crippen LogP contribution < -0.4 is 5.32 Å². The summed E-state index contributed by atoms with van der Waals surface area (Å²) < 4.78 is 0. The summed E-state index contributed by atoms with van der Waals surface area (Å²) >= 11 is 0. The largest absolute Gasteiger partial charge is 0.315 e.